The van der Waals surface area contributed by atoms with Crippen LogP contribution in [0.2, 0.25) is 0 Å². The minimum Gasteiger partial charge on any atom is -0.496 e. The molecule has 2 N–H and O–H groups in total. The third kappa shape index (κ3) is 4.21. The van der Waals surface area contributed by atoms with Crippen molar-refractivity contribution in [3.8, 4) is 5.75 Å². The van der Waals surface area contributed by atoms with Crippen LogP contribution in [0.5, 0.6) is 5.75 Å². The van der Waals surface area contributed by atoms with Crippen molar-refractivity contribution in [1.29, 1.82) is 0 Å². The Morgan fingerprint density at radius 1 is 1.33 bits per heavy atom. The Morgan fingerprint density at radius 3 is 2.71 bits per heavy atom. The highest BCUT2D eigenvalue weighted by atomic mass is 79.9. The van der Waals surface area contributed by atoms with Gasteiger partial charge in [-0.3, -0.25) is 4.90 Å². The normalized spacial score (nSPS) is 22.5. The fraction of sp³-hybridized carbons (Fsp3) is 0.647. The zero-order valence-corrected chi connectivity index (χ0v) is 14.7. The molecule has 1 aliphatic carbocycles. The second-order valence-corrected chi connectivity index (χ2v) is 6.73. The predicted molar refractivity (Wildman–Crippen MR) is 91.6 cm³/mol. The van der Waals surface area contributed by atoms with Gasteiger partial charge in [0.15, 0.2) is 0 Å². The number of nitrogens with zero attached hydrogens (tertiary/aromatic N) is 1. The lowest BCUT2D eigenvalue weighted by atomic mass is 9.83. The first-order chi connectivity index (χ1) is 10.2. The van der Waals surface area contributed by atoms with E-state index in [1.807, 2.05) is 6.07 Å². The van der Waals surface area contributed by atoms with Crippen LogP contribution in [0.15, 0.2) is 22.7 Å². The van der Waals surface area contributed by atoms with Crippen LogP contribution in [-0.4, -0.2) is 31.1 Å². The molecular weight excluding hydrogens is 328 g/mol. The van der Waals surface area contributed by atoms with Crippen LogP contribution in [0.4, 0.5) is 0 Å². The third-order valence-electron chi connectivity index (χ3n) is 4.65. The average Bonchev–Trinajstić information content (AvgIpc) is 2.52. The lowest BCUT2D eigenvalue weighted by molar-refractivity contribution is 0.105. The Balaban J connectivity index is 2.09. The zero-order valence-electron chi connectivity index (χ0n) is 13.1. The van der Waals surface area contributed by atoms with E-state index in [1.165, 1.54) is 31.2 Å². The van der Waals surface area contributed by atoms with Gasteiger partial charge in [-0.15, -0.1) is 0 Å². The maximum absolute atomic E-state index is 5.99. The van der Waals surface area contributed by atoms with Crippen LogP contribution in [0, 0.1) is 5.92 Å². The van der Waals surface area contributed by atoms with Crippen molar-refractivity contribution in [2.24, 2.45) is 11.7 Å². The van der Waals surface area contributed by atoms with Crippen molar-refractivity contribution in [2.45, 2.75) is 45.2 Å². The molecule has 0 amide bonds. The van der Waals surface area contributed by atoms with Gasteiger partial charge in [0.1, 0.15) is 5.75 Å². The van der Waals surface area contributed by atoms with Crippen LogP contribution >= 0.6 is 15.9 Å². The first-order valence-electron chi connectivity index (χ1n) is 7.96. The number of halogens is 1. The number of benzene rings is 1. The molecule has 1 aromatic rings. The summed E-state index contributed by atoms with van der Waals surface area (Å²) in [4.78, 5) is 2.59. The number of hydrogen-bond acceptors (Lipinski definition) is 3. The molecule has 2 rings (SSSR count). The molecule has 1 aliphatic rings. The van der Waals surface area contributed by atoms with Gasteiger partial charge in [0.2, 0.25) is 0 Å². The van der Waals surface area contributed by atoms with Gasteiger partial charge in [0.05, 0.1) is 11.6 Å². The molecule has 1 aromatic carbocycles. The van der Waals surface area contributed by atoms with E-state index in [0.717, 1.165) is 29.9 Å². The molecule has 21 heavy (non-hydrogen) atoms. The summed E-state index contributed by atoms with van der Waals surface area (Å²) in [6.07, 6.45) is 5.24. The van der Waals surface area contributed by atoms with Gasteiger partial charge in [-0.2, -0.15) is 0 Å². The molecule has 0 spiro atoms. The quantitative estimate of drug-likeness (QED) is 0.844. The minimum atomic E-state index is 0.634. The highest BCUT2D eigenvalue weighted by Crippen LogP contribution is 2.30. The summed E-state index contributed by atoms with van der Waals surface area (Å²) in [6, 6.07) is 7.00. The maximum Gasteiger partial charge on any atom is 0.133 e. The summed E-state index contributed by atoms with van der Waals surface area (Å²) in [6.45, 7) is 5.12. The van der Waals surface area contributed by atoms with Crippen molar-refractivity contribution in [3.63, 3.8) is 0 Å². The van der Waals surface area contributed by atoms with E-state index in [0.29, 0.717) is 12.0 Å². The molecule has 4 heteroatoms. The van der Waals surface area contributed by atoms with Crippen LogP contribution in [0.1, 0.15) is 38.2 Å². The van der Waals surface area contributed by atoms with E-state index < -0.39 is 0 Å². The van der Waals surface area contributed by atoms with Gasteiger partial charge in [-0.05, 0) is 65.5 Å². The van der Waals surface area contributed by atoms with Crippen molar-refractivity contribution >= 4 is 15.9 Å². The smallest absolute Gasteiger partial charge is 0.133 e. The number of ether oxygens (including phenoxy) is 1. The van der Waals surface area contributed by atoms with Crippen LogP contribution in [0.25, 0.3) is 0 Å². The van der Waals surface area contributed by atoms with Gasteiger partial charge in [-0.1, -0.05) is 25.8 Å². The molecule has 1 fully saturated rings. The van der Waals surface area contributed by atoms with Gasteiger partial charge in [0.25, 0.3) is 0 Å². The van der Waals surface area contributed by atoms with Gasteiger partial charge in [0, 0.05) is 12.6 Å². The Labute approximate surface area is 137 Å². The summed E-state index contributed by atoms with van der Waals surface area (Å²) < 4.78 is 6.33. The summed E-state index contributed by atoms with van der Waals surface area (Å²) in [7, 11) is 1.70. The first-order valence-corrected chi connectivity index (χ1v) is 8.75. The average molecular weight is 355 g/mol. The Morgan fingerprint density at radius 2 is 2.10 bits per heavy atom. The summed E-state index contributed by atoms with van der Waals surface area (Å²) in [5, 5.41) is 0. The molecule has 0 radical (unpaired) electrons. The predicted octanol–water partition coefficient (Wildman–Crippen LogP) is 3.80. The molecule has 0 heterocycles. The van der Waals surface area contributed by atoms with Gasteiger partial charge >= 0.3 is 0 Å². The highest BCUT2D eigenvalue weighted by molar-refractivity contribution is 9.10. The van der Waals surface area contributed by atoms with Crippen molar-refractivity contribution < 1.29 is 4.74 Å². The van der Waals surface area contributed by atoms with Crippen molar-refractivity contribution in [3.05, 3.63) is 28.2 Å². The second kappa shape index (κ2) is 8.16. The number of hydrogen-bond donors (Lipinski definition) is 1. The molecular formula is C17H27BrN2O. The first kappa shape index (κ1) is 16.8. The Bertz CT molecular complexity index is 452. The highest BCUT2D eigenvalue weighted by Gasteiger charge is 2.28. The lowest BCUT2D eigenvalue weighted by Gasteiger charge is -2.39. The fourth-order valence-electron chi connectivity index (χ4n) is 3.45. The Kier molecular flexibility index (Phi) is 6.52. The summed E-state index contributed by atoms with van der Waals surface area (Å²) >= 11 is 3.58. The SMILES string of the molecule is CCN(Cc1ccc(OC)c(Br)c1)C1CCCCC1CN. The van der Waals surface area contributed by atoms with E-state index in [4.69, 9.17) is 10.5 Å². The number of nitrogens with two attached hydrogens (primary N) is 1. The summed E-state index contributed by atoms with van der Waals surface area (Å²) in [5.74, 6) is 1.54. The lowest BCUT2D eigenvalue weighted by Crippen LogP contribution is -2.44. The number of rotatable bonds is 6. The number of methoxy groups -OCH3 is 1. The topological polar surface area (TPSA) is 38.5 Å². The fourth-order valence-corrected chi connectivity index (χ4v) is 4.04. The van der Waals surface area contributed by atoms with Crippen LogP contribution in [0.3, 0.4) is 0 Å². The monoisotopic (exact) mass is 354 g/mol. The molecule has 2 unspecified atom stereocenters. The largest absolute Gasteiger partial charge is 0.496 e. The Hall–Kier alpha value is -0.580. The van der Waals surface area contributed by atoms with E-state index in [9.17, 15) is 0 Å². The molecule has 118 valence electrons. The molecule has 0 saturated heterocycles. The van der Waals surface area contributed by atoms with E-state index >= 15 is 0 Å². The van der Waals surface area contributed by atoms with Crippen LogP contribution < -0.4 is 10.5 Å². The molecule has 0 aromatic heterocycles. The van der Waals surface area contributed by atoms with Gasteiger partial charge < -0.3 is 10.5 Å². The third-order valence-corrected chi connectivity index (χ3v) is 5.27. The maximum atomic E-state index is 5.99. The second-order valence-electron chi connectivity index (χ2n) is 5.88. The van der Waals surface area contributed by atoms with Crippen molar-refractivity contribution in [2.75, 3.05) is 20.2 Å². The zero-order chi connectivity index (χ0) is 15.2. The van der Waals surface area contributed by atoms with Crippen molar-refractivity contribution in [1.82, 2.24) is 4.90 Å². The van der Waals surface area contributed by atoms with E-state index in [2.05, 4.69) is 39.9 Å². The van der Waals surface area contributed by atoms with E-state index in [-0.39, 0.29) is 0 Å². The molecule has 0 aliphatic heterocycles. The van der Waals surface area contributed by atoms with E-state index in [1.54, 1.807) is 7.11 Å². The molecule has 3 nitrogen and oxygen atoms in total. The summed E-state index contributed by atoms with van der Waals surface area (Å²) in [5.41, 5.74) is 7.32. The molecule has 1 saturated carbocycles. The minimum absolute atomic E-state index is 0.634. The standard InChI is InChI=1S/C17H27BrN2O/c1-3-20(16-7-5-4-6-14(16)11-19)12-13-8-9-17(21-2)15(18)10-13/h8-10,14,16H,3-7,11-12,19H2,1-2H3. The molecule has 2 atom stereocenters. The van der Waals surface area contributed by atoms with Crippen LogP contribution in [-0.2, 0) is 6.54 Å². The van der Waals surface area contributed by atoms with Gasteiger partial charge in [-0.25, -0.2) is 0 Å². The molecule has 0 bridgehead atoms.